The lowest BCUT2D eigenvalue weighted by Gasteiger charge is -2.32. The Labute approximate surface area is 159 Å². The number of rotatable bonds is 6. The summed E-state index contributed by atoms with van der Waals surface area (Å²) in [5.41, 5.74) is 1.58. The van der Waals surface area contributed by atoms with Crippen LogP contribution in [0.5, 0.6) is 0 Å². The Morgan fingerprint density at radius 2 is 1.67 bits per heavy atom. The number of nitrogens with zero attached hydrogens (tertiary/aromatic N) is 2. The van der Waals surface area contributed by atoms with Crippen LogP contribution in [0.1, 0.15) is 48.0 Å². The number of benzene rings is 1. The first-order valence-electron chi connectivity index (χ1n) is 9.66. The number of carbonyl (C=O) groups excluding carboxylic acids is 2. The van der Waals surface area contributed by atoms with E-state index in [9.17, 15) is 19.5 Å². The van der Waals surface area contributed by atoms with E-state index in [1.807, 2.05) is 17.0 Å². The molecule has 0 aromatic heterocycles. The molecule has 2 saturated heterocycles. The molecule has 1 unspecified atom stereocenters. The third kappa shape index (κ3) is 5.07. The van der Waals surface area contributed by atoms with Gasteiger partial charge in [0, 0.05) is 25.2 Å². The molecular formula is C20H27N3O4. The lowest BCUT2D eigenvalue weighted by atomic mass is 10.0. The maximum Gasteiger partial charge on any atom is 0.320 e. The van der Waals surface area contributed by atoms with Crippen LogP contribution in [-0.2, 0) is 16.1 Å². The van der Waals surface area contributed by atoms with Crippen molar-refractivity contribution in [2.24, 2.45) is 0 Å². The predicted octanol–water partition coefficient (Wildman–Crippen LogP) is 1.48. The van der Waals surface area contributed by atoms with Crippen molar-refractivity contribution in [2.45, 2.75) is 44.7 Å². The molecule has 2 N–H and O–H groups in total. The number of amides is 2. The van der Waals surface area contributed by atoms with Gasteiger partial charge in [0.25, 0.3) is 5.91 Å². The second-order valence-corrected chi connectivity index (χ2v) is 7.29. The lowest BCUT2D eigenvalue weighted by Crippen LogP contribution is -2.48. The number of carboxylic acids is 1. The van der Waals surface area contributed by atoms with E-state index in [4.69, 9.17) is 0 Å². The first-order valence-corrected chi connectivity index (χ1v) is 9.66. The first kappa shape index (κ1) is 19.4. The smallest absolute Gasteiger partial charge is 0.320 e. The van der Waals surface area contributed by atoms with Gasteiger partial charge in [-0.2, -0.15) is 0 Å². The zero-order valence-corrected chi connectivity index (χ0v) is 15.5. The molecule has 2 amide bonds. The van der Waals surface area contributed by atoms with E-state index in [2.05, 4.69) is 5.32 Å². The van der Waals surface area contributed by atoms with Crippen LogP contribution in [0.3, 0.4) is 0 Å². The Hall–Kier alpha value is -2.41. The van der Waals surface area contributed by atoms with E-state index in [1.54, 1.807) is 17.0 Å². The molecule has 146 valence electrons. The van der Waals surface area contributed by atoms with Crippen LogP contribution in [0.2, 0.25) is 0 Å². The summed E-state index contributed by atoms with van der Waals surface area (Å²) in [6, 6.07) is 6.73. The van der Waals surface area contributed by atoms with Crippen LogP contribution in [0, 0.1) is 0 Å². The number of carboxylic acid groups (broad SMARTS) is 1. The average Bonchev–Trinajstić information content (AvgIpc) is 3.21. The van der Waals surface area contributed by atoms with Gasteiger partial charge in [-0.05, 0) is 49.9 Å². The van der Waals surface area contributed by atoms with Crippen LogP contribution in [0.15, 0.2) is 24.3 Å². The highest BCUT2D eigenvalue weighted by Gasteiger charge is 2.29. The topological polar surface area (TPSA) is 90.0 Å². The standard InChI is InChI=1S/C20H27N3O4/c24-18(14-23-12-2-1-5-17(23)20(26)27)21-13-15-6-8-16(9-7-15)19(25)22-10-3-4-11-22/h6-9,17H,1-5,10-14H2,(H,21,24)(H,26,27). The van der Waals surface area contributed by atoms with Gasteiger partial charge in [0.15, 0.2) is 0 Å². The first-order chi connectivity index (χ1) is 13.0. The number of carbonyl (C=O) groups is 3. The van der Waals surface area contributed by atoms with Crippen LogP contribution in [0.25, 0.3) is 0 Å². The van der Waals surface area contributed by atoms with Crippen molar-refractivity contribution in [1.29, 1.82) is 0 Å². The number of hydrogen-bond donors (Lipinski definition) is 2. The van der Waals surface area contributed by atoms with Crippen LogP contribution >= 0.6 is 0 Å². The molecule has 1 atom stereocenters. The molecule has 0 bridgehead atoms. The van der Waals surface area contributed by atoms with Gasteiger partial charge >= 0.3 is 5.97 Å². The Kier molecular flexibility index (Phi) is 6.45. The third-order valence-corrected chi connectivity index (χ3v) is 5.33. The normalized spacial score (nSPS) is 20.4. The second kappa shape index (κ2) is 8.99. The van der Waals surface area contributed by atoms with Crippen molar-refractivity contribution >= 4 is 17.8 Å². The van der Waals surface area contributed by atoms with E-state index in [1.165, 1.54) is 0 Å². The van der Waals surface area contributed by atoms with Crippen molar-refractivity contribution in [3.8, 4) is 0 Å². The SMILES string of the molecule is O=C(CN1CCCCC1C(=O)O)NCc1ccc(C(=O)N2CCCC2)cc1. The molecule has 0 saturated carbocycles. The fraction of sp³-hybridized carbons (Fsp3) is 0.550. The maximum atomic E-state index is 12.3. The minimum Gasteiger partial charge on any atom is -0.480 e. The van der Waals surface area contributed by atoms with E-state index < -0.39 is 12.0 Å². The number of hydrogen-bond acceptors (Lipinski definition) is 4. The van der Waals surface area contributed by atoms with E-state index in [-0.39, 0.29) is 18.4 Å². The summed E-state index contributed by atoms with van der Waals surface area (Å²) in [5.74, 6) is -0.978. The van der Waals surface area contributed by atoms with Crippen molar-refractivity contribution in [3.63, 3.8) is 0 Å². The minimum atomic E-state index is -0.860. The molecule has 1 aromatic carbocycles. The third-order valence-electron chi connectivity index (χ3n) is 5.33. The molecule has 7 heteroatoms. The van der Waals surface area contributed by atoms with Gasteiger partial charge < -0.3 is 15.3 Å². The summed E-state index contributed by atoms with van der Waals surface area (Å²) in [7, 11) is 0. The Morgan fingerprint density at radius 1 is 1.00 bits per heavy atom. The molecule has 2 aliphatic rings. The fourth-order valence-electron chi connectivity index (χ4n) is 3.77. The molecule has 0 aliphatic carbocycles. The summed E-state index contributed by atoms with van der Waals surface area (Å²) in [6.07, 6.45) is 4.53. The number of nitrogens with one attached hydrogen (secondary N) is 1. The van der Waals surface area contributed by atoms with Gasteiger partial charge in [-0.15, -0.1) is 0 Å². The zero-order valence-electron chi connectivity index (χ0n) is 15.5. The van der Waals surface area contributed by atoms with Gasteiger partial charge in [-0.1, -0.05) is 18.6 Å². The Balaban J connectivity index is 1.48. The summed E-state index contributed by atoms with van der Waals surface area (Å²) in [4.78, 5) is 39.4. The highest BCUT2D eigenvalue weighted by molar-refractivity contribution is 5.94. The van der Waals surface area contributed by atoms with Crippen molar-refractivity contribution in [1.82, 2.24) is 15.1 Å². The fourth-order valence-corrected chi connectivity index (χ4v) is 3.77. The highest BCUT2D eigenvalue weighted by Crippen LogP contribution is 2.17. The number of piperidine rings is 1. The summed E-state index contributed by atoms with van der Waals surface area (Å²) < 4.78 is 0. The second-order valence-electron chi connectivity index (χ2n) is 7.29. The van der Waals surface area contributed by atoms with Crippen molar-refractivity contribution in [3.05, 3.63) is 35.4 Å². The van der Waals surface area contributed by atoms with Crippen LogP contribution in [-0.4, -0.2) is 64.9 Å². The summed E-state index contributed by atoms with van der Waals surface area (Å²) in [6.45, 7) is 2.75. The predicted molar refractivity (Wildman–Crippen MR) is 100 cm³/mol. The van der Waals surface area contributed by atoms with Crippen LogP contribution in [0.4, 0.5) is 0 Å². The van der Waals surface area contributed by atoms with Gasteiger partial charge in [-0.25, -0.2) is 0 Å². The zero-order chi connectivity index (χ0) is 19.2. The molecule has 7 nitrogen and oxygen atoms in total. The molecule has 0 radical (unpaired) electrons. The average molecular weight is 373 g/mol. The molecule has 1 aromatic rings. The van der Waals surface area contributed by atoms with Gasteiger partial charge in [-0.3, -0.25) is 19.3 Å². The molecular weight excluding hydrogens is 346 g/mol. The molecule has 2 heterocycles. The van der Waals surface area contributed by atoms with Gasteiger partial charge in [0.05, 0.1) is 6.54 Å². The van der Waals surface area contributed by atoms with E-state index in [0.29, 0.717) is 25.1 Å². The van der Waals surface area contributed by atoms with Crippen LogP contribution < -0.4 is 5.32 Å². The van der Waals surface area contributed by atoms with Gasteiger partial charge in [0.2, 0.25) is 5.91 Å². The monoisotopic (exact) mass is 373 g/mol. The summed E-state index contributed by atoms with van der Waals surface area (Å²) >= 11 is 0. The molecule has 2 aliphatic heterocycles. The molecule has 2 fully saturated rings. The highest BCUT2D eigenvalue weighted by atomic mass is 16.4. The minimum absolute atomic E-state index is 0.0629. The molecule has 27 heavy (non-hydrogen) atoms. The largest absolute Gasteiger partial charge is 0.480 e. The molecule has 0 spiro atoms. The van der Waals surface area contributed by atoms with Crippen molar-refractivity contribution < 1.29 is 19.5 Å². The van der Waals surface area contributed by atoms with Gasteiger partial charge in [0.1, 0.15) is 6.04 Å². The molecule has 3 rings (SSSR count). The number of likely N-dealkylation sites (tertiary alicyclic amines) is 2. The Morgan fingerprint density at radius 3 is 2.33 bits per heavy atom. The van der Waals surface area contributed by atoms with E-state index in [0.717, 1.165) is 44.3 Å². The maximum absolute atomic E-state index is 12.3. The van der Waals surface area contributed by atoms with Crippen molar-refractivity contribution in [2.75, 3.05) is 26.2 Å². The summed E-state index contributed by atoms with van der Waals surface area (Å²) in [5, 5.41) is 12.1. The Bertz CT molecular complexity index is 683. The number of aliphatic carboxylic acids is 1. The quantitative estimate of drug-likeness (QED) is 0.788. The lowest BCUT2D eigenvalue weighted by molar-refractivity contribution is -0.145. The van der Waals surface area contributed by atoms with E-state index >= 15 is 0 Å².